The van der Waals surface area contributed by atoms with Gasteiger partial charge < -0.3 is 15.4 Å². The summed E-state index contributed by atoms with van der Waals surface area (Å²) < 4.78 is 15.4. The summed E-state index contributed by atoms with van der Waals surface area (Å²) in [5, 5.41) is 19.9. The number of nitrogens with zero attached hydrogens (tertiary/aromatic N) is 4. The van der Waals surface area contributed by atoms with E-state index in [2.05, 4.69) is 25.4 Å². The molecule has 0 fully saturated rings. The molecule has 5 rings (SSSR count). The molecule has 8 heteroatoms. The summed E-state index contributed by atoms with van der Waals surface area (Å²) in [5.74, 6) is 0.207. The molecule has 5 aromatic rings. The first-order valence-corrected chi connectivity index (χ1v) is 9.91. The number of benzene rings is 1. The van der Waals surface area contributed by atoms with Crippen LogP contribution in [0.3, 0.4) is 0 Å². The lowest BCUT2D eigenvalue weighted by atomic mass is 9.95. The normalized spacial score (nSPS) is 13.5. The second-order valence-corrected chi connectivity index (χ2v) is 7.86. The molecule has 0 amide bonds. The quantitative estimate of drug-likeness (QED) is 0.402. The fraction of sp³-hybridized carbons (Fsp3) is 0.174. The van der Waals surface area contributed by atoms with Gasteiger partial charge in [-0.25, -0.2) is 9.37 Å². The van der Waals surface area contributed by atoms with Gasteiger partial charge in [-0.3, -0.25) is 4.98 Å². The van der Waals surface area contributed by atoms with Crippen LogP contribution in [0.15, 0.2) is 61.2 Å². The highest BCUT2D eigenvalue weighted by molar-refractivity contribution is 5.84. The van der Waals surface area contributed by atoms with Gasteiger partial charge in [0.1, 0.15) is 17.2 Å². The Morgan fingerprint density at radius 3 is 2.87 bits per heavy atom. The first-order chi connectivity index (χ1) is 14.9. The number of anilines is 1. The summed E-state index contributed by atoms with van der Waals surface area (Å²) in [6.45, 7) is 3.91. The third-order valence-electron chi connectivity index (χ3n) is 5.43. The summed E-state index contributed by atoms with van der Waals surface area (Å²) in [6.07, 6.45) is 6.28. The summed E-state index contributed by atoms with van der Waals surface area (Å²) in [7, 11) is 0. The van der Waals surface area contributed by atoms with E-state index in [0.717, 1.165) is 28.2 Å². The molecule has 4 heterocycles. The van der Waals surface area contributed by atoms with Crippen LogP contribution in [0.1, 0.15) is 18.1 Å². The maximum absolute atomic E-state index is 13.7. The zero-order valence-corrected chi connectivity index (χ0v) is 17.1. The van der Waals surface area contributed by atoms with E-state index in [1.54, 1.807) is 29.9 Å². The number of hydrogen-bond acceptors (Lipinski definition) is 5. The highest BCUT2D eigenvalue weighted by atomic mass is 19.1. The molecule has 0 bridgehead atoms. The minimum atomic E-state index is -1.15. The van der Waals surface area contributed by atoms with E-state index in [-0.39, 0.29) is 6.54 Å². The van der Waals surface area contributed by atoms with Gasteiger partial charge in [0.2, 0.25) is 0 Å². The van der Waals surface area contributed by atoms with E-state index in [0.29, 0.717) is 22.7 Å². The van der Waals surface area contributed by atoms with Gasteiger partial charge in [-0.1, -0.05) is 18.2 Å². The largest absolute Gasteiger partial charge is 0.384 e. The van der Waals surface area contributed by atoms with Crippen molar-refractivity contribution in [2.45, 2.75) is 19.4 Å². The second kappa shape index (κ2) is 7.17. The van der Waals surface area contributed by atoms with Crippen molar-refractivity contribution in [3.8, 4) is 11.3 Å². The predicted molar refractivity (Wildman–Crippen MR) is 117 cm³/mol. The lowest BCUT2D eigenvalue weighted by Crippen LogP contribution is -2.31. The summed E-state index contributed by atoms with van der Waals surface area (Å²) >= 11 is 0. The lowest BCUT2D eigenvalue weighted by Gasteiger charge is -2.24. The van der Waals surface area contributed by atoms with E-state index in [9.17, 15) is 9.50 Å². The van der Waals surface area contributed by atoms with Crippen molar-refractivity contribution in [2.24, 2.45) is 0 Å². The number of hydrogen-bond donors (Lipinski definition) is 3. The monoisotopic (exact) mass is 416 g/mol. The number of nitrogens with one attached hydrogen (secondary N) is 2. The molecule has 0 aliphatic rings. The third kappa shape index (κ3) is 3.40. The zero-order chi connectivity index (χ0) is 21.6. The number of aromatic amines is 1. The molecule has 31 heavy (non-hydrogen) atoms. The van der Waals surface area contributed by atoms with Crippen LogP contribution >= 0.6 is 0 Å². The number of pyridine rings is 1. The van der Waals surface area contributed by atoms with Crippen molar-refractivity contribution in [3.05, 3.63) is 78.1 Å². The van der Waals surface area contributed by atoms with Crippen LogP contribution in [0.4, 0.5) is 10.2 Å². The molecule has 0 saturated carbocycles. The molecule has 0 aliphatic heterocycles. The highest BCUT2D eigenvalue weighted by Crippen LogP contribution is 2.30. The lowest BCUT2D eigenvalue weighted by molar-refractivity contribution is 0.0730. The fourth-order valence-corrected chi connectivity index (χ4v) is 3.77. The molecular weight excluding hydrogens is 395 g/mol. The molecule has 3 N–H and O–H groups in total. The van der Waals surface area contributed by atoms with Gasteiger partial charge in [0.15, 0.2) is 5.65 Å². The number of aliphatic hydroxyl groups is 1. The fourth-order valence-electron chi connectivity index (χ4n) is 3.77. The van der Waals surface area contributed by atoms with Gasteiger partial charge in [-0.05, 0) is 26.0 Å². The average molecular weight is 416 g/mol. The Balaban J connectivity index is 1.52. The maximum Gasteiger partial charge on any atom is 0.160 e. The molecule has 156 valence electrons. The van der Waals surface area contributed by atoms with Gasteiger partial charge in [-0.15, -0.1) is 0 Å². The average Bonchev–Trinajstić information content (AvgIpc) is 3.36. The Kier molecular flexibility index (Phi) is 4.44. The number of rotatable bonds is 5. The molecule has 4 aromatic heterocycles. The Labute approximate surface area is 177 Å². The molecule has 7 nitrogen and oxygen atoms in total. The van der Waals surface area contributed by atoms with Crippen molar-refractivity contribution in [3.63, 3.8) is 0 Å². The topological polar surface area (TPSA) is 91.1 Å². The number of para-hydroxylation sites is 1. The van der Waals surface area contributed by atoms with Gasteiger partial charge in [0, 0.05) is 52.6 Å². The van der Waals surface area contributed by atoms with Gasteiger partial charge in [-0.2, -0.15) is 9.61 Å². The highest BCUT2D eigenvalue weighted by Gasteiger charge is 2.27. The van der Waals surface area contributed by atoms with E-state index < -0.39 is 11.4 Å². The minimum Gasteiger partial charge on any atom is -0.384 e. The Hall–Kier alpha value is -3.78. The summed E-state index contributed by atoms with van der Waals surface area (Å²) in [5.41, 5.74) is 3.28. The van der Waals surface area contributed by atoms with E-state index >= 15 is 0 Å². The van der Waals surface area contributed by atoms with Crippen LogP contribution in [-0.2, 0) is 5.60 Å². The predicted octanol–water partition coefficient (Wildman–Crippen LogP) is 4.04. The van der Waals surface area contributed by atoms with E-state index in [1.165, 1.54) is 6.07 Å². The second-order valence-electron chi connectivity index (χ2n) is 7.86. The Bertz CT molecular complexity index is 1400. The van der Waals surface area contributed by atoms with Gasteiger partial charge in [0.25, 0.3) is 0 Å². The van der Waals surface area contributed by atoms with Gasteiger partial charge in [0.05, 0.1) is 18.1 Å². The van der Waals surface area contributed by atoms with Crippen molar-refractivity contribution >= 4 is 22.4 Å². The molecule has 1 aromatic carbocycles. The summed E-state index contributed by atoms with van der Waals surface area (Å²) in [4.78, 5) is 11.8. The number of aryl methyl sites for hydroxylation is 1. The SMILES string of the molecule is Cc1cnn2c(NC[C@](C)(O)c3c[nH]c4ccccc34)cc(-c3cncc(F)c3)nc12. The zero-order valence-electron chi connectivity index (χ0n) is 17.1. The third-order valence-corrected chi connectivity index (χ3v) is 5.43. The molecule has 0 radical (unpaired) electrons. The molecule has 0 aliphatic carbocycles. The van der Waals surface area contributed by atoms with Crippen LogP contribution in [-0.4, -0.2) is 36.2 Å². The first kappa shape index (κ1) is 19.2. The van der Waals surface area contributed by atoms with Crippen molar-refractivity contribution in [1.82, 2.24) is 24.6 Å². The van der Waals surface area contributed by atoms with Crippen LogP contribution in [0.2, 0.25) is 0 Å². The smallest absolute Gasteiger partial charge is 0.160 e. The van der Waals surface area contributed by atoms with Crippen molar-refractivity contribution in [2.75, 3.05) is 11.9 Å². The number of H-pyrrole nitrogens is 1. The number of aromatic nitrogens is 5. The number of fused-ring (bicyclic) bond motifs is 2. The molecular formula is C23H21FN6O. The Morgan fingerprint density at radius 1 is 1.19 bits per heavy atom. The summed E-state index contributed by atoms with van der Waals surface area (Å²) in [6, 6.07) is 11.0. The first-order valence-electron chi connectivity index (χ1n) is 9.91. The minimum absolute atomic E-state index is 0.230. The van der Waals surface area contributed by atoms with Crippen LogP contribution < -0.4 is 5.32 Å². The van der Waals surface area contributed by atoms with Crippen LogP contribution in [0.5, 0.6) is 0 Å². The molecule has 0 unspecified atom stereocenters. The van der Waals surface area contributed by atoms with E-state index in [1.807, 2.05) is 37.4 Å². The number of halogens is 1. The Morgan fingerprint density at radius 2 is 2.03 bits per heavy atom. The molecule has 1 atom stereocenters. The standard InChI is InChI=1S/C23H21FN6O/c1-14-9-28-30-21(8-20(29-22(14)30)15-7-16(24)11-25-10-15)27-13-23(2,31)18-12-26-19-6-4-3-5-17(18)19/h3-12,26-27,31H,13H2,1-2H3/t23-/m0/s1. The van der Waals surface area contributed by atoms with Crippen molar-refractivity contribution < 1.29 is 9.50 Å². The van der Waals surface area contributed by atoms with E-state index in [4.69, 9.17) is 0 Å². The maximum atomic E-state index is 13.7. The van der Waals surface area contributed by atoms with Crippen molar-refractivity contribution in [1.29, 1.82) is 0 Å². The molecule has 0 spiro atoms. The molecule has 0 saturated heterocycles. The van der Waals surface area contributed by atoms with Gasteiger partial charge >= 0.3 is 0 Å². The van der Waals surface area contributed by atoms with Crippen LogP contribution in [0.25, 0.3) is 27.8 Å². The van der Waals surface area contributed by atoms with Crippen LogP contribution in [0, 0.1) is 12.7 Å².